The zero-order chi connectivity index (χ0) is 25.0. The third-order valence-electron chi connectivity index (χ3n) is 6.92. The minimum absolute atomic E-state index is 0.117. The number of phenols is 1. The van der Waals surface area contributed by atoms with Crippen LogP contribution in [-0.4, -0.2) is 69.2 Å². The number of halogens is 1. The van der Waals surface area contributed by atoms with Gasteiger partial charge in [-0.3, -0.25) is 19.2 Å². The Morgan fingerprint density at radius 3 is 2.42 bits per heavy atom. The number of amides is 1. The molecule has 0 unspecified atom stereocenters. The van der Waals surface area contributed by atoms with Gasteiger partial charge in [-0.15, -0.1) is 0 Å². The lowest BCUT2D eigenvalue weighted by Gasteiger charge is -2.47. The number of benzene rings is 1. The fraction of sp³-hybridized carbons (Fsp3) is 0.478. The third-order valence-corrected chi connectivity index (χ3v) is 7.74. The molecular weight excluding hydrogens is 543 g/mol. The van der Waals surface area contributed by atoms with E-state index < -0.39 is 53.1 Å². The second-order valence-corrected chi connectivity index (χ2v) is 10.2. The molecular formula is C23H27IN2O7. The summed E-state index contributed by atoms with van der Waals surface area (Å²) < 4.78 is 0.290. The molecule has 5 N–H and O–H groups in total. The molecule has 2 aliphatic rings. The first-order chi connectivity index (χ1) is 15.2. The van der Waals surface area contributed by atoms with Crippen molar-refractivity contribution in [2.45, 2.75) is 44.8 Å². The molecule has 1 aromatic carbocycles. The quantitative estimate of drug-likeness (QED) is 0.228. The van der Waals surface area contributed by atoms with Crippen molar-refractivity contribution in [3.8, 4) is 5.75 Å². The van der Waals surface area contributed by atoms with Crippen LogP contribution in [0.25, 0.3) is 0 Å². The molecule has 0 aliphatic heterocycles. The summed E-state index contributed by atoms with van der Waals surface area (Å²) in [6, 6.07) is 1.10. The van der Waals surface area contributed by atoms with Crippen LogP contribution in [0.1, 0.15) is 53.0 Å². The normalized spacial score (nSPS) is 25.5. The van der Waals surface area contributed by atoms with Crippen molar-refractivity contribution in [2.75, 3.05) is 14.1 Å². The molecule has 0 saturated carbocycles. The maximum Gasteiger partial charge on any atom is 0.225 e. The first-order valence-corrected chi connectivity index (χ1v) is 11.5. The van der Waals surface area contributed by atoms with Crippen molar-refractivity contribution in [1.29, 1.82) is 0 Å². The number of carbonyl (C=O) groups is 4. The van der Waals surface area contributed by atoms with Crippen molar-refractivity contribution in [3.63, 3.8) is 0 Å². The zero-order valence-corrected chi connectivity index (χ0v) is 21.0. The van der Waals surface area contributed by atoms with Gasteiger partial charge in [0.1, 0.15) is 11.5 Å². The Kier molecular flexibility index (Phi) is 6.75. The van der Waals surface area contributed by atoms with Crippen LogP contribution >= 0.6 is 22.6 Å². The molecule has 1 aromatic rings. The Balaban J connectivity index is 2.29. The highest BCUT2D eigenvalue weighted by molar-refractivity contribution is 14.1. The van der Waals surface area contributed by atoms with Gasteiger partial charge >= 0.3 is 0 Å². The van der Waals surface area contributed by atoms with E-state index in [4.69, 9.17) is 5.73 Å². The summed E-state index contributed by atoms with van der Waals surface area (Å²) in [5.41, 5.74) is 3.07. The van der Waals surface area contributed by atoms with Gasteiger partial charge in [-0.2, -0.15) is 0 Å². The number of carbonyl (C=O) groups excluding carboxylic acids is 4. The standard InChI is InChI=1S/C23H27IN2O7/c1-9(26(3)4)14-6-11-5-13-12(10(2)27)7-15(24)20(30)19(13)21(31)18(11)22(32)23(14,33)16(28)8-17(25)29/h7,9,11,14,30,32-33H,5-6,8H2,1-4H3,(H2,25,29)/t9-,11+,14+,23-/m1/s1. The number of primary amides is 1. The number of aliphatic hydroxyl groups excluding tert-OH is 1. The number of rotatable bonds is 6. The monoisotopic (exact) mass is 570 g/mol. The second-order valence-electron chi connectivity index (χ2n) is 9.04. The smallest absolute Gasteiger partial charge is 0.225 e. The van der Waals surface area contributed by atoms with E-state index in [-0.39, 0.29) is 35.5 Å². The number of hydrogen-bond donors (Lipinski definition) is 4. The van der Waals surface area contributed by atoms with Gasteiger partial charge in [0, 0.05) is 23.1 Å². The number of phenolic OH excluding ortho intramolecular Hbond substituents is 1. The lowest BCUT2D eigenvalue weighted by molar-refractivity contribution is -0.149. The van der Waals surface area contributed by atoms with Crippen LogP contribution in [0.4, 0.5) is 0 Å². The van der Waals surface area contributed by atoms with Crippen molar-refractivity contribution in [3.05, 3.63) is 37.7 Å². The van der Waals surface area contributed by atoms with Gasteiger partial charge in [0.25, 0.3) is 0 Å². The minimum Gasteiger partial charge on any atom is -0.508 e. The molecule has 33 heavy (non-hydrogen) atoms. The highest BCUT2D eigenvalue weighted by Gasteiger charge is 2.57. The van der Waals surface area contributed by atoms with Crippen LogP contribution in [0.2, 0.25) is 0 Å². The molecule has 9 nitrogen and oxygen atoms in total. The summed E-state index contributed by atoms with van der Waals surface area (Å²) in [5, 5.41) is 33.4. The molecule has 2 aliphatic carbocycles. The van der Waals surface area contributed by atoms with Gasteiger partial charge in [-0.25, -0.2) is 0 Å². The van der Waals surface area contributed by atoms with Crippen LogP contribution in [0.3, 0.4) is 0 Å². The average molecular weight is 570 g/mol. The zero-order valence-electron chi connectivity index (χ0n) is 18.8. The molecule has 0 bridgehead atoms. The van der Waals surface area contributed by atoms with E-state index in [0.717, 1.165) is 0 Å². The van der Waals surface area contributed by atoms with Crippen LogP contribution in [0.15, 0.2) is 17.4 Å². The highest BCUT2D eigenvalue weighted by atomic mass is 127. The minimum atomic E-state index is -2.50. The summed E-state index contributed by atoms with van der Waals surface area (Å²) in [4.78, 5) is 52.0. The number of aromatic hydroxyl groups is 1. The molecule has 0 spiro atoms. The Bertz CT molecular complexity index is 1110. The van der Waals surface area contributed by atoms with Gasteiger partial charge in [-0.05, 0) is 80.9 Å². The molecule has 0 saturated heterocycles. The average Bonchev–Trinajstić information content (AvgIpc) is 2.71. The fourth-order valence-electron chi connectivity index (χ4n) is 5.02. The SMILES string of the molecule is CC(=O)c1cc(I)c(O)c2c1C[C@H]1C[C@@H]([C@@H](C)N(C)C)[C@@](O)(C(=O)CC(N)=O)C(O)=C1C2=O. The fourth-order valence-corrected chi connectivity index (χ4v) is 5.60. The van der Waals surface area contributed by atoms with Crippen molar-refractivity contribution >= 4 is 45.8 Å². The molecule has 0 radical (unpaired) electrons. The van der Waals surface area contributed by atoms with E-state index in [1.807, 2.05) is 22.6 Å². The molecule has 178 valence electrons. The predicted octanol–water partition coefficient (Wildman–Crippen LogP) is 1.51. The Morgan fingerprint density at radius 2 is 1.91 bits per heavy atom. The summed E-state index contributed by atoms with van der Waals surface area (Å²) >= 11 is 1.81. The van der Waals surface area contributed by atoms with Gasteiger partial charge in [0.2, 0.25) is 5.91 Å². The highest BCUT2D eigenvalue weighted by Crippen LogP contribution is 2.50. The lowest BCUT2D eigenvalue weighted by atomic mass is 9.61. The van der Waals surface area contributed by atoms with Crippen LogP contribution in [-0.2, 0) is 16.0 Å². The Labute approximate surface area is 204 Å². The molecule has 10 heteroatoms. The third kappa shape index (κ3) is 3.97. The van der Waals surface area contributed by atoms with E-state index in [1.165, 1.54) is 13.0 Å². The van der Waals surface area contributed by atoms with E-state index >= 15 is 0 Å². The van der Waals surface area contributed by atoms with Crippen molar-refractivity contribution in [1.82, 2.24) is 4.90 Å². The molecule has 1 amide bonds. The largest absolute Gasteiger partial charge is 0.508 e. The first kappa shape index (κ1) is 25.3. The molecule has 0 heterocycles. The summed E-state index contributed by atoms with van der Waals surface area (Å²) in [6.45, 7) is 3.13. The molecule has 4 atom stereocenters. The number of Topliss-reactive ketones (excluding diaryl/α,β-unsaturated/α-hetero) is 3. The first-order valence-electron chi connectivity index (χ1n) is 10.5. The number of aliphatic hydroxyl groups is 2. The van der Waals surface area contributed by atoms with Gasteiger partial charge in [0.15, 0.2) is 23.0 Å². The van der Waals surface area contributed by atoms with Crippen LogP contribution < -0.4 is 5.73 Å². The molecule has 0 fully saturated rings. The van der Waals surface area contributed by atoms with Crippen molar-refractivity contribution in [2.24, 2.45) is 17.6 Å². The predicted molar refractivity (Wildman–Crippen MR) is 127 cm³/mol. The molecule has 0 aromatic heterocycles. The van der Waals surface area contributed by atoms with Gasteiger partial charge in [0.05, 0.1) is 15.6 Å². The van der Waals surface area contributed by atoms with E-state index in [9.17, 15) is 34.5 Å². The van der Waals surface area contributed by atoms with E-state index in [1.54, 1.807) is 25.9 Å². The number of hydrogen-bond acceptors (Lipinski definition) is 8. The number of fused-ring (bicyclic) bond motifs is 2. The van der Waals surface area contributed by atoms with E-state index in [2.05, 4.69) is 0 Å². The van der Waals surface area contributed by atoms with Crippen LogP contribution in [0, 0.1) is 15.4 Å². The summed E-state index contributed by atoms with van der Waals surface area (Å²) in [5.74, 6) is -5.58. The topological polar surface area (TPSA) is 158 Å². The second kappa shape index (κ2) is 8.80. The van der Waals surface area contributed by atoms with Crippen LogP contribution in [0.5, 0.6) is 5.75 Å². The maximum atomic E-state index is 13.5. The molecule has 3 rings (SSSR count). The summed E-state index contributed by atoms with van der Waals surface area (Å²) in [7, 11) is 3.49. The Hall–Kier alpha value is -2.31. The number of nitrogens with zero attached hydrogens (tertiary/aromatic N) is 1. The van der Waals surface area contributed by atoms with Gasteiger partial charge in [-0.1, -0.05) is 0 Å². The number of nitrogens with two attached hydrogens (primary N) is 1. The number of ketones is 3. The Morgan fingerprint density at radius 1 is 1.30 bits per heavy atom. The lowest BCUT2D eigenvalue weighted by Crippen LogP contribution is -2.59. The number of allylic oxidation sites excluding steroid dienone is 1. The summed E-state index contributed by atoms with van der Waals surface area (Å²) in [6.07, 6.45) is -0.511. The van der Waals surface area contributed by atoms with Crippen molar-refractivity contribution < 1.29 is 34.5 Å². The maximum absolute atomic E-state index is 13.5. The van der Waals surface area contributed by atoms with E-state index in [0.29, 0.717) is 14.7 Å². The van der Waals surface area contributed by atoms with Gasteiger partial charge < -0.3 is 26.0 Å².